The quantitative estimate of drug-likeness (QED) is 0.666. The predicted octanol–water partition coefficient (Wildman–Crippen LogP) is 2.79. The highest BCUT2D eigenvalue weighted by Gasteiger charge is 2.15. The van der Waals surface area contributed by atoms with Crippen LogP contribution in [0.3, 0.4) is 0 Å². The van der Waals surface area contributed by atoms with Crippen molar-refractivity contribution in [3.8, 4) is 0 Å². The molecule has 1 unspecified atom stereocenters. The van der Waals surface area contributed by atoms with E-state index in [0.29, 0.717) is 12.5 Å². The zero-order valence-electron chi connectivity index (χ0n) is 11.0. The summed E-state index contributed by atoms with van der Waals surface area (Å²) in [5.74, 6) is 0.356. The second-order valence-electron chi connectivity index (χ2n) is 4.62. The predicted molar refractivity (Wildman–Crippen MR) is 74.2 cm³/mol. The number of aryl methyl sites for hydroxylation is 1. The highest BCUT2D eigenvalue weighted by molar-refractivity contribution is 5.66. The highest BCUT2D eigenvalue weighted by atomic mass is 16.3. The molecule has 4 N–H and O–H groups in total. The Morgan fingerprint density at radius 3 is 2.47 bits per heavy atom. The number of nitrogen functional groups attached to an aromatic ring is 1. The first-order chi connectivity index (χ1) is 8.08. The lowest BCUT2D eigenvalue weighted by Crippen LogP contribution is -2.27. The summed E-state index contributed by atoms with van der Waals surface area (Å²) in [4.78, 5) is 0. The number of aliphatic hydroxyl groups is 1. The monoisotopic (exact) mass is 236 g/mol. The van der Waals surface area contributed by atoms with E-state index in [-0.39, 0.29) is 6.10 Å². The average Bonchev–Trinajstić information content (AvgIpc) is 2.29. The number of hydrogen-bond acceptors (Lipinski definition) is 3. The van der Waals surface area contributed by atoms with Gasteiger partial charge < -0.3 is 16.2 Å². The number of nitrogens with two attached hydrogens (primary N) is 1. The first kappa shape index (κ1) is 13.8. The van der Waals surface area contributed by atoms with Crippen LogP contribution in [0.5, 0.6) is 0 Å². The summed E-state index contributed by atoms with van der Waals surface area (Å²) < 4.78 is 0. The molecular formula is C14H24N2O. The van der Waals surface area contributed by atoms with E-state index in [1.807, 2.05) is 25.1 Å². The van der Waals surface area contributed by atoms with Gasteiger partial charge in [-0.05, 0) is 30.5 Å². The summed E-state index contributed by atoms with van der Waals surface area (Å²) >= 11 is 0. The number of anilines is 2. The van der Waals surface area contributed by atoms with E-state index in [2.05, 4.69) is 19.2 Å². The van der Waals surface area contributed by atoms with Crippen molar-refractivity contribution in [2.45, 2.75) is 39.7 Å². The van der Waals surface area contributed by atoms with Crippen LogP contribution in [-0.2, 0) is 0 Å². The lowest BCUT2D eigenvalue weighted by molar-refractivity contribution is 0.114. The largest absolute Gasteiger partial charge is 0.397 e. The van der Waals surface area contributed by atoms with Gasteiger partial charge in [0, 0.05) is 6.54 Å². The molecular weight excluding hydrogens is 212 g/mol. The fourth-order valence-electron chi connectivity index (χ4n) is 2.06. The third-order valence-corrected chi connectivity index (χ3v) is 3.30. The van der Waals surface area contributed by atoms with Crippen LogP contribution in [0.1, 0.15) is 32.3 Å². The molecule has 0 aliphatic carbocycles. The minimum absolute atomic E-state index is 0.314. The molecule has 17 heavy (non-hydrogen) atoms. The summed E-state index contributed by atoms with van der Waals surface area (Å²) in [5, 5.41) is 13.2. The van der Waals surface area contributed by atoms with E-state index in [1.165, 1.54) is 0 Å². The van der Waals surface area contributed by atoms with Crippen LogP contribution in [0.4, 0.5) is 11.4 Å². The summed E-state index contributed by atoms with van der Waals surface area (Å²) in [6, 6.07) is 5.92. The Hall–Kier alpha value is -1.22. The number of hydrogen-bond donors (Lipinski definition) is 3. The van der Waals surface area contributed by atoms with Crippen molar-refractivity contribution >= 4 is 11.4 Å². The molecule has 0 fully saturated rings. The minimum atomic E-state index is -0.314. The molecule has 0 aromatic heterocycles. The van der Waals surface area contributed by atoms with Crippen molar-refractivity contribution in [3.05, 3.63) is 23.8 Å². The van der Waals surface area contributed by atoms with Gasteiger partial charge in [-0.15, -0.1) is 0 Å². The van der Waals surface area contributed by atoms with Crippen LogP contribution < -0.4 is 11.1 Å². The Morgan fingerprint density at radius 1 is 1.29 bits per heavy atom. The van der Waals surface area contributed by atoms with E-state index in [1.54, 1.807) is 0 Å². The first-order valence-corrected chi connectivity index (χ1v) is 6.36. The summed E-state index contributed by atoms with van der Waals surface area (Å²) in [5.41, 5.74) is 8.69. The standard InChI is InChI=1S/C14H24N2O/c1-4-11(5-2)14(17)9-16-13-7-6-10(3)8-12(13)15/h6-8,11,14,16-17H,4-5,9,15H2,1-3H3. The maximum Gasteiger partial charge on any atom is 0.0740 e. The van der Waals surface area contributed by atoms with Crippen LogP contribution >= 0.6 is 0 Å². The molecule has 3 nitrogen and oxygen atoms in total. The highest BCUT2D eigenvalue weighted by Crippen LogP contribution is 2.20. The Bertz CT molecular complexity index is 348. The molecule has 1 aromatic carbocycles. The molecule has 0 spiro atoms. The van der Waals surface area contributed by atoms with E-state index in [0.717, 1.165) is 29.8 Å². The van der Waals surface area contributed by atoms with Gasteiger partial charge in [0.1, 0.15) is 0 Å². The molecule has 0 bridgehead atoms. The van der Waals surface area contributed by atoms with Gasteiger partial charge in [0.05, 0.1) is 17.5 Å². The van der Waals surface area contributed by atoms with Gasteiger partial charge >= 0.3 is 0 Å². The number of benzene rings is 1. The van der Waals surface area contributed by atoms with Gasteiger partial charge in [-0.2, -0.15) is 0 Å². The van der Waals surface area contributed by atoms with Crippen LogP contribution in [-0.4, -0.2) is 17.8 Å². The lowest BCUT2D eigenvalue weighted by Gasteiger charge is -2.21. The lowest BCUT2D eigenvalue weighted by atomic mass is 9.96. The molecule has 3 heteroatoms. The van der Waals surface area contributed by atoms with Gasteiger partial charge in [0.15, 0.2) is 0 Å². The maximum atomic E-state index is 10.0. The molecule has 1 aromatic rings. The fourth-order valence-corrected chi connectivity index (χ4v) is 2.06. The summed E-state index contributed by atoms with van der Waals surface area (Å²) in [6.07, 6.45) is 1.69. The van der Waals surface area contributed by atoms with Crippen LogP contribution in [0.2, 0.25) is 0 Å². The number of nitrogens with one attached hydrogen (secondary N) is 1. The van der Waals surface area contributed by atoms with Crippen LogP contribution in [0.25, 0.3) is 0 Å². The van der Waals surface area contributed by atoms with Gasteiger partial charge in [0.25, 0.3) is 0 Å². The van der Waals surface area contributed by atoms with Crippen LogP contribution in [0, 0.1) is 12.8 Å². The van der Waals surface area contributed by atoms with Crippen molar-refractivity contribution in [2.24, 2.45) is 5.92 Å². The normalized spacial score (nSPS) is 12.8. The second-order valence-corrected chi connectivity index (χ2v) is 4.62. The molecule has 96 valence electrons. The molecule has 1 rings (SSSR count). The summed E-state index contributed by atoms with van der Waals surface area (Å²) in [7, 11) is 0. The fraction of sp³-hybridized carbons (Fsp3) is 0.571. The third-order valence-electron chi connectivity index (χ3n) is 3.30. The van der Waals surface area contributed by atoms with Crippen molar-refractivity contribution in [1.82, 2.24) is 0 Å². The molecule has 0 heterocycles. The zero-order chi connectivity index (χ0) is 12.8. The van der Waals surface area contributed by atoms with Gasteiger partial charge in [-0.25, -0.2) is 0 Å². The topological polar surface area (TPSA) is 58.3 Å². The SMILES string of the molecule is CCC(CC)C(O)CNc1ccc(C)cc1N. The smallest absolute Gasteiger partial charge is 0.0740 e. The second kappa shape index (κ2) is 6.50. The van der Waals surface area contributed by atoms with Crippen molar-refractivity contribution < 1.29 is 5.11 Å². The summed E-state index contributed by atoms with van der Waals surface area (Å²) in [6.45, 7) is 6.79. The van der Waals surface area contributed by atoms with Gasteiger partial charge in [-0.3, -0.25) is 0 Å². The van der Waals surface area contributed by atoms with Crippen molar-refractivity contribution in [3.63, 3.8) is 0 Å². The van der Waals surface area contributed by atoms with E-state index < -0.39 is 0 Å². The number of rotatable bonds is 6. The first-order valence-electron chi connectivity index (χ1n) is 6.36. The molecule has 0 saturated heterocycles. The van der Waals surface area contributed by atoms with Gasteiger partial charge in [-0.1, -0.05) is 32.8 Å². The average molecular weight is 236 g/mol. The van der Waals surface area contributed by atoms with Crippen LogP contribution in [0.15, 0.2) is 18.2 Å². The molecule has 0 aliphatic heterocycles. The zero-order valence-corrected chi connectivity index (χ0v) is 11.0. The third kappa shape index (κ3) is 3.93. The van der Waals surface area contributed by atoms with Gasteiger partial charge in [0.2, 0.25) is 0 Å². The Kier molecular flexibility index (Phi) is 5.29. The van der Waals surface area contributed by atoms with Crippen molar-refractivity contribution in [2.75, 3.05) is 17.6 Å². The molecule has 0 radical (unpaired) electrons. The van der Waals surface area contributed by atoms with E-state index >= 15 is 0 Å². The Labute approximate surface area is 104 Å². The number of aliphatic hydroxyl groups excluding tert-OH is 1. The Morgan fingerprint density at radius 2 is 1.94 bits per heavy atom. The van der Waals surface area contributed by atoms with Crippen molar-refractivity contribution in [1.29, 1.82) is 0 Å². The van der Waals surface area contributed by atoms with E-state index in [4.69, 9.17) is 5.73 Å². The molecule has 0 amide bonds. The molecule has 0 aliphatic rings. The maximum absolute atomic E-state index is 10.0. The minimum Gasteiger partial charge on any atom is -0.397 e. The van der Waals surface area contributed by atoms with E-state index in [9.17, 15) is 5.11 Å². The Balaban J connectivity index is 2.55. The molecule has 1 atom stereocenters. The molecule has 0 saturated carbocycles.